The topological polar surface area (TPSA) is 105 Å². The summed E-state index contributed by atoms with van der Waals surface area (Å²) in [6.07, 6.45) is 2.51. The molecule has 1 amide bonds. The first-order valence-corrected chi connectivity index (χ1v) is 7.71. The zero-order valence-corrected chi connectivity index (χ0v) is 12.4. The molecule has 0 saturated carbocycles. The summed E-state index contributed by atoms with van der Waals surface area (Å²) in [6.45, 7) is 0. The van der Waals surface area contributed by atoms with E-state index in [4.69, 9.17) is 9.84 Å². The van der Waals surface area contributed by atoms with Gasteiger partial charge in [-0.3, -0.25) is 19.7 Å². The number of carbonyl (C=O) groups is 3. The Morgan fingerprint density at radius 1 is 1.60 bits per heavy atom. The predicted molar refractivity (Wildman–Crippen MR) is 74.5 cm³/mol. The van der Waals surface area contributed by atoms with Crippen LogP contribution >= 0.6 is 11.8 Å². The molecule has 7 nitrogen and oxygen atoms in total. The standard InChI is InChI=1S/C12H20N2O5S/c1-19-12(18)7(3-4-20-2)13-8-5-10(15)14-9(8)6-11(16)17/h7-9,13H,3-6H2,1-2H3,(H,14,15)(H,16,17)/t7-,8+,9+/m0/s1. The van der Waals surface area contributed by atoms with Crippen LogP contribution in [0.2, 0.25) is 0 Å². The highest BCUT2D eigenvalue weighted by atomic mass is 32.2. The molecule has 0 aromatic rings. The minimum absolute atomic E-state index is 0.167. The normalized spacial score (nSPS) is 23.2. The Kier molecular flexibility index (Phi) is 6.80. The molecule has 0 bridgehead atoms. The molecular weight excluding hydrogens is 284 g/mol. The predicted octanol–water partition coefficient (Wildman–Crippen LogP) is -0.397. The van der Waals surface area contributed by atoms with Crippen LogP contribution in [-0.4, -0.2) is 60.2 Å². The fraction of sp³-hybridized carbons (Fsp3) is 0.750. The third kappa shape index (κ3) is 5.01. The number of amides is 1. The molecule has 1 heterocycles. The van der Waals surface area contributed by atoms with Crippen molar-refractivity contribution in [1.29, 1.82) is 0 Å². The maximum Gasteiger partial charge on any atom is 0.322 e. The van der Waals surface area contributed by atoms with Crippen LogP contribution in [0.3, 0.4) is 0 Å². The van der Waals surface area contributed by atoms with Crippen LogP contribution in [0.1, 0.15) is 19.3 Å². The molecule has 0 unspecified atom stereocenters. The van der Waals surface area contributed by atoms with Crippen molar-refractivity contribution in [2.45, 2.75) is 37.4 Å². The van der Waals surface area contributed by atoms with Crippen molar-refractivity contribution in [2.75, 3.05) is 19.1 Å². The molecule has 1 aliphatic heterocycles. The van der Waals surface area contributed by atoms with Gasteiger partial charge in [0.2, 0.25) is 5.91 Å². The summed E-state index contributed by atoms with van der Waals surface area (Å²) in [6, 6.07) is -1.40. The van der Waals surface area contributed by atoms with E-state index < -0.39 is 24.0 Å². The molecular formula is C12H20N2O5S. The van der Waals surface area contributed by atoms with Crippen molar-refractivity contribution >= 4 is 29.6 Å². The van der Waals surface area contributed by atoms with Crippen molar-refractivity contribution in [2.24, 2.45) is 0 Å². The van der Waals surface area contributed by atoms with Crippen LogP contribution in [-0.2, 0) is 19.1 Å². The van der Waals surface area contributed by atoms with E-state index in [0.717, 1.165) is 5.75 Å². The van der Waals surface area contributed by atoms with E-state index in [-0.39, 0.29) is 24.8 Å². The van der Waals surface area contributed by atoms with Gasteiger partial charge in [0.1, 0.15) is 6.04 Å². The number of carbonyl (C=O) groups excluding carboxylic acids is 2. The number of aliphatic carboxylic acids is 1. The van der Waals surface area contributed by atoms with Crippen molar-refractivity contribution in [1.82, 2.24) is 10.6 Å². The summed E-state index contributed by atoms with van der Waals surface area (Å²) in [7, 11) is 1.31. The Morgan fingerprint density at radius 2 is 2.30 bits per heavy atom. The van der Waals surface area contributed by atoms with Crippen LogP contribution in [0.4, 0.5) is 0 Å². The second-order valence-electron chi connectivity index (χ2n) is 4.61. The number of hydrogen-bond acceptors (Lipinski definition) is 6. The van der Waals surface area contributed by atoms with Gasteiger partial charge in [0.15, 0.2) is 0 Å². The van der Waals surface area contributed by atoms with E-state index in [1.54, 1.807) is 11.8 Å². The van der Waals surface area contributed by atoms with Crippen LogP contribution in [0.5, 0.6) is 0 Å². The molecule has 3 atom stereocenters. The number of ether oxygens (including phenoxy) is 1. The zero-order chi connectivity index (χ0) is 15.1. The third-order valence-corrected chi connectivity index (χ3v) is 3.79. The lowest BCUT2D eigenvalue weighted by Crippen LogP contribution is -2.49. The number of esters is 1. The van der Waals surface area contributed by atoms with Crippen LogP contribution < -0.4 is 10.6 Å². The highest BCUT2D eigenvalue weighted by Crippen LogP contribution is 2.14. The quantitative estimate of drug-likeness (QED) is 0.524. The minimum atomic E-state index is -0.984. The first-order chi connectivity index (χ1) is 9.47. The average molecular weight is 304 g/mol. The van der Waals surface area contributed by atoms with E-state index in [0.29, 0.717) is 6.42 Å². The molecule has 0 aromatic heterocycles. The largest absolute Gasteiger partial charge is 0.481 e. The molecule has 0 radical (unpaired) electrons. The zero-order valence-electron chi connectivity index (χ0n) is 11.5. The van der Waals surface area contributed by atoms with Crippen molar-refractivity contribution in [3.63, 3.8) is 0 Å². The summed E-state index contributed by atoms with van der Waals surface area (Å²) >= 11 is 1.60. The highest BCUT2D eigenvalue weighted by Gasteiger charge is 2.36. The SMILES string of the molecule is COC(=O)[C@H](CCSC)N[C@@H]1CC(=O)N[C@@H]1CC(=O)O. The molecule has 1 rings (SSSR count). The molecule has 0 spiro atoms. The van der Waals surface area contributed by atoms with Gasteiger partial charge in [-0.05, 0) is 18.4 Å². The Bertz CT molecular complexity index is 377. The third-order valence-electron chi connectivity index (χ3n) is 3.14. The lowest BCUT2D eigenvalue weighted by molar-refractivity contribution is -0.143. The van der Waals surface area contributed by atoms with Gasteiger partial charge in [-0.15, -0.1) is 0 Å². The molecule has 0 aliphatic carbocycles. The number of thioether (sulfide) groups is 1. The monoisotopic (exact) mass is 304 g/mol. The molecule has 114 valence electrons. The smallest absolute Gasteiger partial charge is 0.322 e. The Balaban J connectivity index is 2.66. The van der Waals surface area contributed by atoms with Crippen LogP contribution in [0.25, 0.3) is 0 Å². The summed E-state index contributed by atoms with van der Waals surface area (Å²) in [4.78, 5) is 33.9. The molecule has 0 aromatic carbocycles. The van der Waals surface area contributed by atoms with E-state index in [9.17, 15) is 14.4 Å². The lowest BCUT2D eigenvalue weighted by Gasteiger charge is -2.24. The molecule has 1 fully saturated rings. The van der Waals surface area contributed by atoms with E-state index >= 15 is 0 Å². The number of nitrogens with one attached hydrogen (secondary N) is 2. The first kappa shape index (κ1) is 16.8. The van der Waals surface area contributed by atoms with Gasteiger partial charge in [-0.1, -0.05) is 0 Å². The summed E-state index contributed by atoms with van der Waals surface area (Å²) in [5.74, 6) is -0.817. The minimum Gasteiger partial charge on any atom is -0.481 e. The van der Waals surface area contributed by atoms with E-state index in [1.165, 1.54) is 7.11 Å². The van der Waals surface area contributed by atoms with Gasteiger partial charge in [0.05, 0.1) is 19.6 Å². The Labute approximate surface area is 121 Å². The maximum absolute atomic E-state index is 11.7. The van der Waals surface area contributed by atoms with Gasteiger partial charge in [0.25, 0.3) is 0 Å². The van der Waals surface area contributed by atoms with E-state index in [1.807, 2.05) is 6.26 Å². The molecule has 1 saturated heterocycles. The van der Waals surface area contributed by atoms with E-state index in [2.05, 4.69) is 10.6 Å². The molecule has 20 heavy (non-hydrogen) atoms. The number of rotatable bonds is 8. The Morgan fingerprint density at radius 3 is 2.85 bits per heavy atom. The lowest BCUT2D eigenvalue weighted by atomic mass is 10.0. The number of carboxylic acids is 1. The van der Waals surface area contributed by atoms with Gasteiger partial charge < -0.3 is 15.2 Å². The summed E-state index contributed by atoms with van der Waals surface area (Å²) in [5.41, 5.74) is 0. The second-order valence-corrected chi connectivity index (χ2v) is 5.59. The van der Waals surface area contributed by atoms with Crippen LogP contribution in [0.15, 0.2) is 0 Å². The van der Waals surface area contributed by atoms with Crippen LogP contribution in [0, 0.1) is 0 Å². The highest BCUT2D eigenvalue weighted by molar-refractivity contribution is 7.98. The molecule has 1 aliphatic rings. The van der Waals surface area contributed by atoms with Crippen molar-refractivity contribution in [3.05, 3.63) is 0 Å². The fourth-order valence-electron chi connectivity index (χ4n) is 2.17. The average Bonchev–Trinajstić information content (AvgIpc) is 2.72. The maximum atomic E-state index is 11.7. The van der Waals surface area contributed by atoms with Gasteiger partial charge >= 0.3 is 11.9 Å². The number of carboxylic acid groups (broad SMARTS) is 1. The second kappa shape index (κ2) is 8.11. The van der Waals surface area contributed by atoms with Crippen molar-refractivity contribution in [3.8, 4) is 0 Å². The summed E-state index contributed by atoms with van der Waals surface area (Å²) in [5, 5.41) is 14.5. The summed E-state index contributed by atoms with van der Waals surface area (Å²) < 4.78 is 4.73. The van der Waals surface area contributed by atoms with Gasteiger partial charge in [-0.25, -0.2) is 0 Å². The Hall–Kier alpha value is -1.28. The van der Waals surface area contributed by atoms with Gasteiger partial charge in [-0.2, -0.15) is 11.8 Å². The fourth-order valence-corrected chi connectivity index (χ4v) is 2.64. The first-order valence-electron chi connectivity index (χ1n) is 6.32. The van der Waals surface area contributed by atoms with Gasteiger partial charge in [0, 0.05) is 12.5 Å². The molecule has 3 N–H and O–H groups in total. The van der Waals surface area contributed by atoms with Crippen molar-refractivity contribution < 1.29 is 24.2 Å². The number of methoxy groups -OCH3 is 1. The number of hydrogen-bond donors (Lipinski definition) is 3. The molecule has 8 heteroatoms.